The Balaban J connectivity index is 2.14. The van der Waals surface area contributed by atoms with Crippen LogP contribution in [0, 0.1) is 0 Å². The minimum absolute atomic E-state index is 0.00854. The predicted molar refractivity (Wildman–Crippen MR) is 103 cm³/mol. The van der Waals surface area contributed by atoms with Gasteiger partial charge in [-0.25, -0.2) is 13.1 Å². The van der Waals surface area contributed by atoms with Crippen molar-refractivity contribution >= 4 is 33.4 Å². The average molecular weight is 417 g/mol. The van der Waals surface area contributed by atoms with Crippen molar-refractivity contribution in [1.29, 1.82) is 0 Å². The molecule has 2 amide bonds. The van der Waals surface area contributed by atoms with Gasteiger partial charge >= 0.3 is 0 Å². The molecule has 1 N–H and O–H groups in total. The molecule has 0 aliphatic carbocycles. The standard InChI is InChI=1S/C17H25ClN4O4S/c1-19-27(25,26)13-5-6-15(18)14(11-13)17(24)22-8-4-7-21(9-10-22)12-16(23)20(2)3/h5-6,11,19H,4,7-10,12H2,1-3H3. The number of halogens is 1. The van der Waals surface area contributed by atoms with E-state index in [1.807, 2.05) is 4.90 Å². The Morgan fingerprint density at radius 1 is 1.19 bits per heavy atom. The van der Waals surface area contributed by atoms with Crippen molar-refractivity contribution in [1.82, 2.24) is 19.4 Å². The summed E-state index contributed by atoms with van der Waals surface area (Å²) in [4.78, 5) is 30.0. The largest absolute Gasteiger partial charge is 0.348 e. The molecule has 0 unspecified atom stereocenters. The molecule has 0 saturated carbocycles. The lowest BCUT2D eigenvalue weighted by Crippen LogP contribution is -2.39. The molecule has 0 atom stereocenters. The Morgan fingerprint density at radius 2 is 1.89 bits per heavy atom. The van der Waals surface area contributed by atoms with E-state index in [1.54, 1.807) is 23.9 Å². The summed E-state index contributed by atoms with van der Waals surface area (Å²) in [7, 11) is 1.07. The number of sulfonamides is 1. The van der Waals surface area contributed by atoms with Gasteiger partial charge in [-0.2, -0.15) is 0 Å². The monoisotopic (exact) mass is 416 g/mol. The van der Waals surface area contributed by atoms with Gasteiger partial charge in [-0.3, -0.25) is 14.5 Å². The van der Waals surface area contributed by atoms with Crippen molar-refractivity contribution in [3.63, 3.8) is 0 Å². The molecule has 1 aliphatic heterocycles. The third kappa shape index (κ3) is 5.41. The zero-order valence-corrected chi connectivity index (χ0v) is 17.3. The second-order valence-electron chi connectivity index (χ2n) is 6.56. The number of likely N-dealkylation sites (N-methyl/N-ethyl adjacent to an activating group) is 1. The molecule has 10 heteroatoms. The molecule has 2 rings (SSSR count). The highest BCUT2D eigenvalue weighted by atomic mass is 35.5. The van der Waals surface area contributed by atoms with Crippen LogP contribution in [-0.4, -0.2) is 88.8 Å². The lowest BCUT2D eigenvalue weighted by Gasteiger charge is -2.23. The smallest absolute Gasteiger partial charge is 0.255 e. The second-order valence-corrected chi connectivity index (χ2v) is 8.85. The third-order valence-electron chi connectivity index (χ3n) is 4.48. The number of carbonyl (C=O) groups is 2. The van der Waals surface area contributed by atoms with Crippen molar-refractivity contribution in [2.24, 2.45) is 0 Å². The molecule has 150 valence electrons. The lowest BCUT2D eigenvalue weighted by atomic mass is 10.2. The minimum Gasteiger partial charge on any atom is -0.348 e. The summed E-state index contributed by atoms with van der Waals surface area (Å²) in [5.41, 5.74) is 0.158. The summed E-state index contributed by atoms with van der Waals surface area (Å²) in [5.74, 6) is -0.295. The maximum atomic E-state index is 12.9. The molecule has 0 aromatic heterocycles. The first-order chi connectivity index (χ1) is 12.7. The van der Waals surface area contributed by atoms with Gasteiger partial charge in [0.1, 0.15) is 0 Å². The van der Waals surface area contributed by atoms with Crippen molar-refractivity contribution in [2.45, 2.75) is 11.3 Å². The summed E-state index contributed by atoms with van der Waals surface area (Å²) in [5, 5.41) is 0.207. The van der Waals surface area contributed by atoms with Gasteiger partial charge in [0.25, 0.3) is 5.91 Å². The number of carbonyl (C=O) groups excluding carboxylic acids is 2. The molecule has 1 saturated heterocycles. The molecule has 1 heterocycles. The normalized spacial score (nSPS) is 16.1. The third-order valence-corrected chi connectivity index (χ3v) is 6.22. The van der Waals surface area contributed by atoms with Crippen molar-refractivity contribution in [3.05, 3.63) is 28.8 Å². The van der Waals surface area contributed by atoms with E-state index in [0.29, 0.717) is 32.7 Å². The summed E-state index contributed by atoms with van der Waals surface area (Å²) >= 11 is 6.15. The van der Waals surface area contributed by atoms with E-state index in [9.17, 15) is 18.0 Å². The Morgan fingerprint density at radius 3 is 2.52 bits per heavy atom. The van der Waals surface area contributed by atoms with Crippen LogP contribution in [-0.2, 0) is 14.8 Å². The van der Waals surface area contributed by atoms with E-state index < -0.39 is 10.0 Å². The van der Waals surface area contributed by atoms with Crippen LogP contribution in [0.5, 0.6) is 0 Å². The number of nitrogens with zero attached hydrogens (tertiary/aromatic N) is 3. The molecule has 0 bridgehead atoms. The zero-order valence-electron chi connectivity index (χ0n) is 15.7. The number of rotatable bonds is 5. The molecule has 0 spiro atoms. The van der Waals surface area contributed by atoms with Crippen LogP contribution in [0.2, 0.25) is 5.02 Å². The van der Waals surface area contributed by atoms with E-state index in [1.165, 1.54) is 25.2 Å². The Hall–Kier alpha value is -1.68. The van der Waals surface area contributed by atoms with Crippen LogP contribution in [0.25, 0.3) is 0 Å². The van der Waals surface area contributed by atoms with E-state index in [-0.39, 0.29) is 27.3 Å². The number of benzene rings is 1. The lowest BCUT2D eigenvalue weighted by molar-refractivity contribution is -0.129. The van der Waals surface area contributed by atoms with Gasteiger partial charge in [0.05, 0.1) is 22.0 Å². The highest BCUT2D eigenvalue weighted by molar-refractivity contribution is 7.89. The number of nitrogens with one attached hydrogen (secondary N) is 1. The Bertz CT molecular complexity index is 813. The minimum atomic E-state index is -3.67. The predicted octanol–water partition coefficient (Wildman–Crippen LogP) is 0.484. The fraction of sp³-hybridized carbons (Fsp3) is 0.529. The molecule has 0 radical (unpaired) electrons. The van der Waals surface area contributed by atoms with Crippen molar-refractivity contribution in [2.75, 3.05) is 53.9 Å². The van der Waals surface area contributed by atoms with Crippen LogP contribution in [0.1, 0.15) is 16.8 Å². The summed E-state index contributed by atoms with van der Waals surface area (Å²) in [6.07, 6.45) is 0.721. The van der Waals surface area contributed by atoms with Gasteiger partial charge in [-0.05, 0) is 31.7 Å². The fourth-order valence-corrected chi connectivity index (χ4v) is 3.74. The van der Waals surface area contributed by atoms with Gasteiger partial charge in [-0.15, -0.1) is 0 Å². The molecule has 1 aliphatic rings. The topological polar surface area (TPSA) is 90.0 Å². The molecule has 1 fully saturated rings. The van der Waals surface area contributed by atoms with E-state index in [4.69, 9.17) is 11.6 Å². The molecular formula is C17H25ClN4O4S. The van der Waals surface area contributed by atoms with Gasteiger partial charge in [0.15, 0.2) is 0 Å². The highest BCUT2D eigenvalue weighted by Crippen LogP contribution is 2.22. The van der Waals surface area contributed by atoms with Gasteiger partial charge in [0.2, 0.25) is 15.9 Å². The van der Waals surface area contributed by atoms with E-state index >= 15 is 0 Å². The van der Waals surface area contributed by atoms with Crippen molar-refractivity contribution in [3.8, 4) is 0 Å². The average Bonchev–Trinajstić information content (AvgIpc) is 2.86. The SMILES string of the molecule is CNS(=O)(=O)c1ccc(Cl)c(C(=O)N2CCCN(CC(=O)N(C)C)CC2)c1. The summed E-state index contributed by atoms with van der Waals surface area (Å²) < 4.78 is 26.2. The van der Waals surface area contributed by atoms with Crippen LogP contribution in [0.3, 0.4) is 0 Å². The van der Waals surface area contributed by atoms with Crippen LogP contribution in [0.4, 0.5) is 0 Å². The summed E-state index contributed by atoms with van der Waals surface area (Å²) in [6.45, 7) is 2.55. The number of hydrogen-bond donors (Lipinski definition) is 1. The maximum Gasteiger partial charge on any atom is 0.255 e. The molecule has 1 aromatic carbocycles. The molecule has 27 heavy (non-hydrogen) atoms. The fourth-order valence-electron chi connectivity index (χ4n) is 2.79. The van der Waals surface area contributed by atoms with Crippen molar-refractivity contribution < 1.29 is 18.0 Å². The first-order valence-electron chi connectivity index (χ1n) is 8.60. The van der Waals surface area contributed by atoms with E-state index in [2.05, 4.69) is 4.72 Å². The maximum absolute atomic E-state index is 12.9. The van der Waals surface area contributed by atoms with Gasteiger partial charge < -0.3 is 9.80 Å². The van der Waals surface area contributed by atoms with Crippen LogP contribution < -0.4 is 4.72 Å². The molecule has 1 aromatic rings. The quantitative estimate of drug-likeness (QED) is 0.754. The van der Waals surface area contributed by atoms with Crippen LogP contribution >= 0.6 is 11.6 Å². The zero-order chi connectivity index (χ0) is 20.2. The number of amides is 2. The highest BCUT2D eigenvalue weighted by Gasteiger charge is 2.24. The number of hydrogen-bond acceptors (Lipinski definition) is 5. The first kappa shape index (κ1) is 21.6. The Kier molecular flexibility index (Phi) is 7.21. The molecular weight excluding hydrogens is 392 g/mol. The van der Waals surface area contributed by atoms with Gasteiger partial charge in [-0.1, -0.05) is 11.6 Å². The van der Waals surface area contributed by atoms with Gasteiger partial charge in [0, 0.05) is 40.3 Å². The first-order valence-corrected chi connectivity index (χ1v) is 10.5. The second kappa shape index (κ2) is 9.01. The van der Waals surface area contributed by atoms with Crippen LogP contribution in [0.15, 0.2) is 23.1 Å². The molecule has 8 nitrogen and oxygen atoms in total. The van der Waals surface area contributed by atoms with E-state index in [0.717, 1.165) is 6.42 Å². The summed E-state index contributed by atoms with van der Waals surface area (Å²) in [6, 6.07) is 4.08. The Labute approximate surface area is 165 Å².